The minimum absolute atomic E-state index is 0.00859. The zero-order valence-electron chi connectivity index (χ0n) is 14.6. The first-order valence-electron chi connectivity index (χ1n) is 8.77. The number of rotatable bonds is 15. The molecule has 0 aliphatic heterocycles. The highest BCUT2D eigenvalue weighted by molar-refractivity contribution is 7.86. The minimum atomic E-state index is -3.69. The van der Waals surface area contributed by atoms with E-state index in [-0.39, 0.29) is 18.1 Å². The lowest BCUT2D eigenvalue weighted by Crippen LogP contribution is -2.13. The highest BCUT2D eigenvalue weighted by Crippen LogP contribution is 2.10. The van der Waals surface area contributed by atoms with Gasteiger partial charge in [0.15, 0.2) is 0 Å². The Morgan fingerprint density at radius 1 is 0.750 bits per heavy atom. The predicted molar refractivity (Wildman–Crippen MR) is 94.6 cm³/mol. The average molecular weight is 359 g/mol. The van der Waals surface area contributed by atoms with E-state index in [1.54, 1.807) is 18.2 Å². The summed E-state index contributed by atoms with van der Waals surface area (Å²) >= 11 is 0. The van der Waals surface area contributed by atoms with Gasteiger partial charge >= 0.3 is 0 Å². The van der Waals surface area contributed by atoms with Crippen LogP contribution >= 0.6 is 0 Å². The van der Waals surface area contributed by atoms with Crippen LogP contribution in [0.15, 0.2) is 35.2 Å². The Bertz CT molecular complexity index is 501. The Balaban J connectivity index is 1.92. The van der Waals surface area contributed by atoms with E-state index in [2.05, 4.69) is 6.92 Å². The summed E-state index contributed by atoms with van der Waals surface area (Å²) in [7, 11) is -3.69. The summed E-state index contributed by atoms with van der Waals surface area (Å²) in [5.74, 6) is 0. The van der Waals surface area contributed by atoms with Crippen molar-refractivity contribution < 1.29 is 22.1 Å². The Morgan fingerprint density at radius 3 is 2.04 bits per heavy atom. The lowest BCUT2D eigenvalue weighted by Gasteiger charge is -2.07. The predicted octanol–water partition coefficient (Wildman–Crippen LogP) is 3.79. The molecule has 0 N–H and O–H groups in total. The molecule has 0 atom stereocenters. The van der Waals surface area contributed by atoms with E-state index < -0.39 is 10.1 Å². The summed E-state index contributed by atoms with van der Waals surface area (Å²) in [6, 6.07) is 8.09. The molecule has 0 heterocycles. The second-order valence-electron chi connectivity index (χ2n) is 5.58. The molecule has 1 aromatic rings. The molecular weight excluding hydrogens is 328 g/mol. The Kier molecular flexibility index (Phi) is 11.7. The fraction of sp³-hybridized carbons (Fsp3) is 0.667. The van der Waals surface area contributed by atoms with Gasteiger partial charge in [-0.15, -0.1) is 0 Å². The van der Waals surface area contributed by atoms with Crippen LogP contribution in [0.2, 0.25) is 0 Å². The van der Waals surface area contributed by atoms with Crippen molar-refractivity contribution in [1.29, 1.82) is 0 Å². The summed E-state index contributed by atoms with van der Waals surface area (Å²) in [4.78, 5) is 0.160. The highest BCUT2D eigenvalue weighted by Gasteiger charge is 2.13. The summed E-state index contributed by atoms with van der Waals surface area (Å²) in [5.41, 5.74) is 0. The van der Waals surface area contributed by atoms with Crippen LogP contribution in [0.5, 0.6) is 0 Å². The van der Waals surface area contributed by atoms with Crippen molar-refractivity contribution in [3.05, 3.63) is 30.3 Å². The highest BCUT2D eigenvalue weighted by atomic mass is 32.2. The maximum Gasteiger partial charge on any atom is 0.297 e. The molecule has 0 fully saturated rings. The Hall–Kier alpha value is -0.950. The van der Waals surface area contributed by atoms with Crippen molar-refractivity contribution in [3.8, 4) is 0 Å². The van der Waals surface area contributed by atoms with Crippen LogP contribution in [0.1, 0.15) is 45.4 Å². The molecule has 0 radical (unpaired) electrons. The van der Waals surface area contributed by atoms with E-state index in [0.29, 0.717) is 13.2 Å². The van der Waals surface area contributed by atoms with Crippen molar-refractivity contribution in [2.45, 2.75) is 50.3 Å². The van der Waals surface area contributed by atoms with Gasteiger partial charge in [-0.2, -0.15) is 8.42 Å². The van der Waals surface area contributed by atoms with Crippen molar-refractivity contribution in [2.24, 2.45) is 0 Å². The van der Waals surface area contributed by atoms with Crippen molar-refractivity contribution >= 4 is 10.1 Å². The molecule has 24 heavy (non-hydrogen) atoms. The molecule has 5 nitrogen and oxygen atoms in total. The monoisotopic (exact) mass is 358 g/mol. The van der Waals surface area contributed by atoms with Crippen molar-refractivity contribution in [3.63, 3.8) is 0 Å². The fourth-order valence-electron chi connectivity index (χ4n) is 2.16. The second-order valence-corrected chi connectivity index (χ2v) is 7.20. The maximum atomic E-state index is 11.8. The largest absolute Gasteiger partial charge is 0.379 e. The van der Waals surface area contributed by atoms with E-state index in [9.17, 15) is 8.42 Å². The lowest BCUT2D eigenvalue weighted by molar-refractivity contribution is 0.0359. The number of unbranched alkanes of at least 4 members (excludes halogenated alkanes) is 5. The number of benzene rings is 1. The third-order valence-electron chi connectivity index (χ3n) is 3.51. The normalized spacial score (nSPS) is 11.7. The van der Waals surface area contributed by atoms with Gasteiger partial charge < -0.3 is 9.47 Å². The Morgan fingerprint density at radius 2 is 1.33 bits per heavy atom. The van der Waals surface area contributed by atoms with Gasteiger partial charge in [0, 0.05) is 6.61 Å². The first-order valence-corrected chi connectivity index (χ1v) is 10.2. The van der Waals surface area contributed by atoms with Gasteiger partial charge in [-0.3, -0.25) is 4.18 Å². The Labute approximate surface area is 146 Å². The molecule has 0 saturated carbocycles. The smallest absolute Gasteiger partial charge is 0.297 e. The van der Waals surface area contributed by atoms with Crippen LogP contribution in [0, 0.1) is 0 Å². The SMILES string of the molecule is CCCCCCCCOCCOCCOS(=O)(=O)c1ccccc1. The molecule has 6 heteroatoms. The summed E-state index contributed by atoms with van der Waals surface area (Å²) in [5, 5.41) is 0. The first-order chi connectivity index (χ1) is 11.7. The third-order valence-corrected chi connectivity index (χ3v) is 4.84. The molecular formula is C18H30O5S. The number of hydrogen-bond acceptors (Lipinski definition) is 5. The standard InChI is InChI=1S/C18H30O5S/c1-2-3-4-5-6-10-13-21-14-15-22-16-17-23-24(19,20)18-11-8-7-9-12-18/h7-9,11-12H,2-6,10,13-17H2,1H3. The van der Waals surface area contributed by atoms with E-state index in [4.69, 9.17) is 13.7 Å². The number of ether oxygens (including phenoxy) is 2. The van der Waals surface area contributed by atoms with Crippen LogP contribution in [0.4, 0.5) is 0 Å². The molecule has 0 amide bonds. The topological polar surface area (TPSA) is 61.8 Å². The van der Waals surface area contributed by atoms with Gasteiger partial charge in [0.1, 0.15) is 0 Å². The zero-order chi connectivity index (χ0) is 17.5. The molecule has 0 aliphatic carbocycles. The molecule has 0 spiro atoms. The maximum absolute atomic E-state index is 11.8. The minimum Gasteiger partial charge on any atom is -0.379 e. The van der Waals surface area contributed by atoms with E-state index in [1.807, 2.05) is 0 Å². The van der Waals surface area contributed by atoms with Crippen LogP contribution in [-0.2, 0) is 23.8 Å². The van der Waals surface area contributed by atoms with Crippen LogP contribution < -0.4 is 0 Å². The van der Waals surface area contributed by atoms with Gasteiger partial charge in [0.25, 0.3) is 10.1 Å². The molecule has 0 bridgehead atoms. The van der Waals surface area contributed by atoms with Gasteiger partial charge in [-0.25, -0.2) is 0 Å². The first kappa shape index (κ1) is 21.1. The van der Waals surface area contributed by atoms with Crippen molar-refractivity contribution in [2.75, 3.05) is 33.0 Å². The van der Waals surface area contributed by atoms with E-state index in [1.165, 1.54) is 44.2 Å². The van der Waals surface area contributed by atoms with Crippen molar-refractivity contribution in [1.82, 2.24) is 0 Å². The fourth-order valence-corrected chi connectivity index (χ4v) is 3.08. The summed E-state index contributed by atoms with van der Waals surface area (Å²) in [6.07, 6.45) is 7.47. The number of hydrogen-bond donors (Lipinski definition) is 0. The van der Waals surface area contributed by atoms with Gasteiger partial charge in [0.05, 0.1) is 31.3 Å². The van der Waals surface area contributed by atoms with E-state index >= 15 is 0 Å². The molecule has 1 rings (SSSR count). The summed E-state index contributed by atoms with van der Waals surface area (Å²) < 4.78 is 39.4. The molecule has 0 aromatic heterocycles. The van der Waals surface area contributed by atoms with Gasteiger partial charge in [0.2, 0.25) is 0 Å². The molecule has 1 aromatic carbocycles. The van der Waals surface area contributed by atoms with Crippen LogP contribution in [-0.4, -0.2) is 41.5 Å². The molecule has 0 saturated heterocycles. The second kappa shape index (κ2) is 13.4. The average Bonchev–Trinajstić information content (AvgIpc) is 2.60. The molecule has 0 aliphatic rings. The zero-order valence-corrected chi connectivity index (χ0v) is 15.4. The molecule has 138 valence electrons. The van der Waals surface area contributed by atoms with Gasteiger partial charge in [-0.05, 0) is 18.6 Å². The van der Waals surface area contributed by atoms with Crippen LogP contribution in [0.25, 0.3) is 0 Å². The third kappa shape index (κ3) is 10.0. The van der Waals surface area contributed by atoms with Gasteiger partial charge in [-0.1, -0.05) is 57.2 Å². The van der Waals surface area contributed by atoms with E-state index in [0.717, 1.165) is 13.0 Å². The van der Waals surface area contributed by atoms with Crippen LogP contribution in [0.3, 0.4) is 0 Å². The quantitative estimate of drug-likeness (QED) is 0.353. The summed E-state index contributed by atoms with van der Waals surface area (Å²) in [6.45, 7) is 4.19. The lowest BCUT2D eigenvalue weighted by atomic mass is 10.1. The molecule has 0 unspecified atom stereocenters.